The average Bonchev–Trinajstić information content (AvgIpc) is 2.07. The summed E-state index contributed by atoms with van der Waals surface area (Å²) in [4.78, 5) is 11.1. The molecule has 0 spiro atoms. The predicted molar refractivity (Wildman–Crippen MR) is 42.3 cm³/mol. The summed E-state index contributed by atoms with van der Waals surface area (Å²) < 4.78 is 9.86. The zero-order chi connectivity index (χ0) is 9.61. The van der Waals surface area contributed by atoms with Crippen LogP contribution >= 0.6 is 0 Å². The van der Waals surface area contributed by atoms with E-state index in [9.17, 15) is 4.79 Å². The van der Waals surface area contributed by atoms with Crippen LogP contribution in [0.15, 0.2) is 0 Å². The van der Waals surface area contributed by atoms with Crippen molar-refractivity contribution in [2.24, 2.45) is 0 Å². The van der Waals surface area contributed by atoms with E-state index in [1.54, 1.807) is 0 Å². The van der Waals surface area contributed by atoms with E-state index < -0.39 is 5.79 Å². The first-order chi connectivity index (χ1) is 5.63. The second-order valence-corrected chi connectivity index (χ2v) is 2.38. The highest BCUT2D eigenvalue weighted by Gasteiger charge is 2.34. The third kappa shape index (κ3) is 2.29. The Morgan fingerprint density at radius 3 is 2.25 bits per heavy atom. The van der Waals surface area contributed by atoms with E-state index in [-0.39, 0.29) is 18.6 Å². The van der Waals surface area contributed by atoms with Crippen LogP contribution in [-0.2, 0) is 14.3 Å². The summed E-state index contributed by atoms with van der Waals surface area (Å²) in [6.07, 6.45) is 0.507. The summed E-state index contributed by atoms with van der Waals surface area (Å²) in [7, 11) is 2.78. The van der Waals surface area contributed by atoms with E-state index in [0.717, 1.165) is 0 Å². The predicted octanol–water partition coefficient (Wildman–Crippen LogP) is 0.868. The van der Waals surface area contributed by atoms with Crippen molar-refractivity contribution in [3.63, 3.8) is 0 Å². The second-order valence-electron chi connectivity index (χ2n) is 2.38. The molecule has 0 rings (SSSR count). The van der Waals surface area contributed by atoms with Gasteiger partial charge in [0.05, 0.1) is 6.07 Å². The largest absolute Gasteiger partial charge is 0.347 e. The van der Waals surface area contributed by atoms with Gasteiger partial charge >= 0.3 is 0 Å². The van der Waals surface area contributed by atoms with Crippen molar-refractivity contribution in [1.82, 2.24) is 0 Å². The van der Waals surface area contributed by atoms with Crippen LogP contribution in [0.3, 0.4) is 0 Å². The smallest absolute Gasteiger partial charge is 0.229 e. The lowest BCUT2D eigenvalue weighted by atomic mass is 10.1. The normalized spacial score (nSPS) is 10.8. The van der Waals surface area contributed by atoms with E-state index >= 15 is 0 Å². The number of Topliss-reactive ketones (excluding diaryl/α,β-unsaturated/α-hetero) is 1. The van der Waals surface area contributed by atoms with E-state index in [0.29, 0.717) is 0 Å². The molecule has 0 fully saturated rings. The van der Waals surface area contributed by atoms with Crippen LogP contribution in [0.5, 0.6) is 0 Å². The number of carbonyl (C=O) groups excluding carboxylic acids is 1. The van der Waals surface area contributed by atoms with Crippen molar-refractivity contribution in [2.45, 2.75) is 25.6 Å². The molecule has 0 saturated heterocycles. The number of carbonyl (C=O) groups is 1. The monoisotopic (exact) mass is 171 g/mol. The zero-order valence-corrected chi connectivity index (χ0v) is 7.59. The van der Waals surface area contributed by atoms with Gasteiger partial charge in [-0.25, -0.2) is 0 Å². The molecule has 0 radical (unpaired) electrons. The standard InChI is InChI=1S/C8H13NO3/c1-7(10)8(11-2,12-3)5-4-6-9/h4-5H2,1-3H3. The fourth-order valence-corrected chi connectivity index (χ4v) is 0.971. The fourth-order valence-electron chi connectivity index (χ4n) is 0.971. The minimum Gasteiger partial charge on any atom is -0.347 e. The third-order valence-electron chi connectivity index (χ3n) is 1.76. The lowest BCUT2D eigenvalue weighted by molar-refractivity contribution is -0.207. The number of hydrogen-bond acceptors (Lipinski definition) is 4. The maximum atomic E-state index is 11.1. The molecule has 0 aliphatic carbocycles. The van der Waals surface area contributed by atoms with Crippen molar-refractivity contribution in [3.8, 4) is 6.07 Å². The zero-order valence-electron chi connectivity index (χ0n) is 7.59. The lowest BCUT2D eigenvalue weighted by Crippen LogP contribution is -2.41. The van der Waals surface area contributed by atoms with E-state index in [2.05, 4.69) is 0 Å². The van der Waals surface area contributed by atoms with Crippen molar-refractivity contribution >= 4 is 5.78 Å². The first-order valence-electron chi connectivity index (χ1n) is 3.61. The minimum atomic E-state index is -1.23. The van der Waals surface area contributed by atoms with Gasteiger partial charge in [0.25, 0.3) is 0 Å². The van der Waals surface area contributed by atoms with Crippen LogP contribution in [0.2, 0.25) is 0 Å². The van der Waals surface area contributed by atoms with Crippen molar-refractivity contribution in [2.75, 3.05) is 14.2 Å². The molecule has 0 amide bonds. The first kappa shape index (κ1) is 11.1. The third-order valence-corrected chi connectivity index (χ3v) is 1.76. The summed E-state index contributed by atoms with van der Waals surface area (Å²) in [6, 6.07) is 1.93. The molecule has 0 unspecified atom stereocenters. The molecule has 0 atom stereocenters. The molecule has 0 bridgehead atoms. The molecule has 0 aliphatic heterocycles. The molecule has 0 aromatic carbocycles. The lowest BCUT2D eigenvalue weighted by Gasteiger charge is -2.26. The number of methoxy groups -OCH3 is 2. The van der Waals surface area contributed by atoms with Crippen LogP contribution in [0.4, 0.5) is 0 Å². The van der Waals surface area contributed by atoms with Crippen LogP contribution in [0.25, 0.3) is 0 Å². The summed E-state index contributed by atoms with van der Waals surface area (Å²) in [5, 5.41) is 8.33. The number of nitriles is 1. The number of ketones is 1. The summed E-state index contributed by atoms with van der Waals surface area (Å²) in [5.41, 5.74) is 0. The van der Waals surface area contributed by atoms with Gasteiger partial charge in [0.15, 0.2) is 5.78 Å². The summed E-state index contributed by atoms with van der Waals surface area (Å²) in [6.45, 7) is 1.38. The van der Waals surface area contributed by atoms with E-state index in [4.69, 9.17) is 14.7 Å². The van der Waals surface area contributed by atoms with E-state index in [1.165, 1.54) is 21.1 Å². The Balaban J connectivity index is 4.38. The Morgan fingerprint density at radius 1 is 1.50 bits per heavy atom. The van der Waals surface area contributed by atoms with Crippen LogP contribution in [0.1, 0.15) is 19.8 Å². The van der Waals surface area contributed by atoms with Gasteiger partial charge in [0.1, 0.15) is 0 Å². The Hall–Kier alpha value is -0.920. The van der Waals surface area contributed by atoms with Gasteiger partial charge in [-0.15, -0.1) is 0 Å². The molecule has 0 heterocycles. The molecule has 0 aromatic heterocycles. The number of hydrogen-bond donors (Lipinski definition) is 0. The maximum absolute atomic E-state index is 11.1. The highest BCUT2D eigenvalue weighted by molar-refractivity contribution is 5.83. The van der Waals surface area contributed by atoms with Gasteiger partial charge in [-0.3, -0.25) is 4.79 Å². The SMILES string of the molecule is COC(CCC#N)(OC)C(C)=O. The van der Waals surface area contributed by atoms with Crippen LogP contribution in [0, 0.1) is 11.3 Å². The molecule has 4 heteroatoms. The molecular weight excluding hydrogens is 158 g/mol. The van der Waals surface area contributed by atoms with Crippen LogP contribution < -0.4 is 0 Å². The Labute approximate surface area is 72.1 Å². The average molecular weight is 171 g/mol. The van der Waals surface area contributed by atoms with Crippen LogP contribution in [-0.4, -0.2) is 25.8 Å². The van der Waals surface area contributed by atoms with Gasteiger partial charge in [0, 0.05) is 34.0 Å². The highest BCUT2D eigenvalue weighted by Crippen LogP contribution is 2.19. The molecule has 0 saturated carbocycles. The first-order valence-corrected chi connectivity index (χ1v) is 3.61. The molecule has 68 valence electrons. The second kappa shape index (κ2) is 4.86. The van der Waals surface area contributed by atoms with Gasteiger partial charge in [-0.2, -0.15) is 5.26 Å². The fraction of sp³-hybridized carbons (Fsp3) is 0.750. The minimum absolute atomic E-state index is 0.220. The maximum Gasteiger partial charge on any atom is 0.229 e. The number of ether oxygens (including phenoxy) is 2. The van der Waals surface area contributed by atoms with E-state index in [1.807, 2.05) is 6.07 Å². The van der Waals surface area contributed by atoms with Gasteiger partial charge in [-0.1, -0.05) is 0 Å². The van der Waals surface area contributed by atoms with Gasteiger partial charge in [-0.05, 0) is 0 Å². The van der Waals surface area contributed by atoms with Gasteiger partial charge < -0.3 is 9.47 Å². The molecule has 0 aliphatic rings. The number of rotatable bonds is 5. The van der Waals surface area contributed by atoms with Crippen molar-refractivity contribution < 1.29 is 14.3 Å². The van der Waals surface area contributed by atoms with Gasteiger partial charge in [0.2, 0.25) is 5.79 Å². The highest BCUT2D eigenvalue weighted by atomic mass is 16.7. The van der Waals surface area contributed by atoms with Crippen molar-refractivity contribution in [3.05, 3.63) is 0 Å². The number of nitrogens with zero attached hydrogens (tertiary/aromatic N) is 1. The molecule has 0 aromatic rings. The summed E-state index contributed by atoms with van der Waals surface area (Å²) in [5.74, 6) is -1.45. The Morgan fingerprint density at radius 2 is 2.00 bits per heavy atom. The van der Waals surface area contributed by atoms with Crippen molar-refractivity contribution in [1.29, 1.82) is 5.26 Å². The Bertz CT molecular complexity index is 191. The quantitative estimate of drug-likeness (QED) is 0.576. The molecule has 0 N–H and O–H groups in total. The molecular formula is C8H13NO3. The topological polar surface area (TPSA) is 59.3 Å². The molecule has 4 nitrogen and oxygen atoms in total. The summed E-state index contributed by atoms with van der Waals surface area (Å²) >= 11 is 0. The Kier molecular flexibility index (Phi) is 4.49. The molecule has 12 heavy (non-hydrogen) atoms.